The molecular weight excluding hydrogens is 332 g/mol. The van der Waals surface area contributed by atoms with Gasteiger partial charge in [0, 0.05) is 16.7 Å². The number of allylic oxidation sites excluding steroid dienone is 6. The van der Waals surface area contributed by atoms with Crippen molar-refractivity contribution in [3.05, 3.63) is 36.0 Å². The van der Waals surface area contributed by atoms with E-state index >= 15 is 0 Å². The van der Waals surface area contributed by atoms with E-state index in [-0.39, 0.29) is 23.5 Å². The SMILES string of the molecule is C[C@]12C=CC(=O)C=C1C=C[C@@H]1[C@@H]2[C@H](O)C[C@@]2(C)[C@H]1CC[C@]2(O)C(=O)CO. The number of carbonyl (C=O) groups excluding carboxylic acids is 2. The summed E-state index contributed by atoms with van der Waals surface area (Å²) < 4.78 is 0. The highest BCUT2D eigenvalue weighted by Crippen LogP contribution is 2.65. The fraction of sp³-hybridized carbons (Fsp3) is 0.619. The minimum absolute atomic E-state index is 0.00395. The van der Waals surface area contributed by atoms with Crippen LogP contribution < -0.4 is 0 Å². The van der Waals surface area contributed by atoms with Crippen LogP contribution in [0.4, 0.5) is 0 Å². The summed E-state index contributed by atoms with van der Waals surface area (Å²) in [6.45, 7) is 3.24. The fourth-order valence-corrected chi connectivity index (χ4v) is 6.38. The standard InChI is InChI=1S/C21H26O5/c1-19-7-5-13(23)9-12(19)3-4-14-15-6-8-21(26,17(25)11-22)20(15,2)10-16(24)18(14)19/h3-5,7,9,14-16,18,22,24,26H,6,8,10-11H2,1-2H3/t14-,15-,16+,18+,19-,20-,21-/m0/s1. The van der Waals surface area contributed by atoms with E-state index in [2.05, 4.69) is 6.92 Å². The van der Waals surface area contributed by atoms with Crippen LogP contribution in [0.25, 0.3) is 0 Å². The summed E-state index contributed by atoms with van der Waals surface area (Å²) in [4.78, 5) is 24.1. The molecule has 0 aliphatic heterocycles. The van der Waals surface area contributed by atoms with E-state index in [0.29, 0.717) is 19.3 Å². The quantitative estimate of drug-likeness (QED) is 0.692. The molecular formula is C21H26O5. The largest absolute Gasteiger partial charge is 0.393 e. The molecule has 7 atom stereocenters. The number of carbonyl (C=O) groups is 2. The summed E-state index contributed by atoms with van der Waals surface area (Å²) in [6, 6.07) is 0. The number of Topliss-reactive ketones (excluding diaryl/α,β-unsaturated/α-hetero) is 1. The molecule has 0 heterocycles. The molecule has 0 amide bonds. The Morgan fingerprint density at radius 2 is 2.04 bits per heavy atom. The Morgan fingerprint density at radius 1 is 1.31 bits per heavy atom. The highest BCUT2D eigenvalue weighted by molar-refractivity contribution is 6.01. The first-order valence-electron chi connectivity index (χ1n) is 9.35. The molecule has 4 aliphatic rings. The summed E-state index contributed by atoms with van der Waals surface area (Å²) >= 11 is 0. The Labute approximate surface area is 153 Å². The van der Waals surface area contributed by atoms with E-state index in [4.69, 9.17) is 0 Å². The van der Waals surface area contributed by atoms with Gasteiger partial charge < -0.3 is 15.3 Å². The molecule has 0 spiro atoms. The summed E-state index contributed by atoms with van der Waals surface area (Å²) in [7, 11) is 0. The van der Waals surface area contributed by atoms with Gasteiger partial charge in [0.15, 0.2) is 11.6 Å². The van der Waals surface area contributed by atoms with Crippen LogP contribution in [0.1, 0.15) is 33.1 Å². The molecule has 2 fully saturated rings. The van der Waals surface area contributed by atoms with Crippen LogP contribution in [0.3, 0.4) is 0 Å². The van der Waals surface area contributed by atoms with E-state index < -0.39 is 34.9 Å². The lowest BCUT2D eigenvalue weighted by Crippen LogP contribution is -2.61. The zero-order valence-corrected chi connectivity index (χ0v) is 15.2. The molecule has 2 saturated carbocycles. The Morgan fingerprint density at radius 3 is 2.73 bits per heavy atom. The minimum atomic E-state index is -1.60. The van der Waals surface area contributed by atoms with Crippen LogP contribution in [0.5, 0.6) is 0 Å². The first kappa shape index (κ1) is 17.8. The van der Waals surface area contributed by atoms with Crippen LogP contribution in [0, 0.1) is 28.6 Å². The molecule has 0 radical (unpaired) electrons. The number of aliphatic hydroxyl groups excluding tert-OH is 2. The van der Waals surface area contributed by atoms with Crippen LogP contribution in [0.2, 0.25) is 0 Å². The zero-order chi connectivity index (χ0) is 18.9. The number of ketones is 2. The zero-order valence-electron chi connectivity index (χ0n) is 15.2. The second-order valence-corrected chi connectivity index (χ2v) is 8.86. The van der Waals surface area contributed by atoms with Crippen LogP contribution >= 0.6 is 0 Å². The van der Waals surface area contributed by atoms with Gasteiger partial charge >= 0.3 is 0 Å². The van der Waals surface area contributed by atoms with Crippen molar-refractivity contribution in [2.24, 2.45) is 28.6 Å². The topological polar surface area (TPSA) is 94.8 Å². The van der Waals surface area contributed by atoms with Gasteiger partial charge in [0.2, 0.25) is 0 Å². The van der Waals surface area contributed by atoms with E-state index in [1.54, 1.807) is 12.2 Å². The summed E-state index contributed by atoms with van der Waals surface area (Å²) in [5, 5.41) is 31.6. The molecule has 3 N–H and O–H groups in total. The molecule has 0 unspecified atom stereocenters. The number of rotatable bonds is 2. The molecule has 5 heteroatoms. The van der Waals surface area contributed by atoms with Gasteiger partial charge in [0.05, 0.1) is 6.10 Å². The molecule has 4 rings (SSSR count). The van der Waals surface area contributed by atoms with Gasteiger partial charge in [-0.2, -0.15) is 0 Å². The summed E-state index contributed by atoms with van der Waals surface area (Å²) in [6.07, 6.45) is 9.69. The first-order valence-corrected chi connectivity index (χ1v) is 9.35. The van der Waals surface area contributed by atoms with Crippen LogP contribution in [-0.2, 0) is 9.59 Å². The predicted octanol–water partition coefficient (Wildman–Crippen LogP) is 1.33. The number of hydrogen-bond donors (Lipinski definition) is 3. The molecule has 5 nitrogen and oxygen atoms in total. The van der Waals surface area contributed by atoms with Crippen molar-refractivity contribution in [1.29, 1.82) is 0 Å². The third kappa shape index (κ3) is 2.02. The Balaban J connectivity index is 1.80. The lowest BCUT2D eigenvalue weighted by Gasteiger charge is -2.57. The number of aliphatic hydroxyl groups is 3. The number of fused-ring (bicyclic) bond motifs is 5. The lowest BCUT2D eigenvalue weighted by molar-refractivity contribution is -0.172. The van der Waals surface area contributed by atoms with Crippen molar-refractivity contribution in [3.63, 3.8) is 0 Å². The maximum Gasteiger partial charge on any atom is 0.190 e. The van der Waals surface area contributed by atoms with Gasteiger partial charge in [-0.25, -0.2) is 0 Å². The summed E-state index contributed by atoms with van der Waals surface area (Å²) in [5.74, 6) is -0.656. The molecule has 4 aliphatic carbocycles. The van der Waals surface area contributed by atoms with Crippen molar-refractivity contribution >= 4 is 11.6 Å². The third-order valence-electron chi connectivity index (χ3n) is 7.82. The van der Waals surface area contributed by atoms with Crippen molar-refractivity contribution in [1.82, 2.24) is 0 Å². The molecule has 0 saturated heterocycles. The molecule has 140 valence electrons. The summed E-state index contributed by atoms with van der Waals surface area (Å²) in [5.41, 5.74) is -1.89. The molecule has 0 bridgehead atoms. The van der Waals surface area contributed by atoms with Gasteiger partial charge in [-0.3, -0.25) is 9.59 Å². The maximum atomic E-state index is 12.3. The van der Waals surface area contributed by atoms with Crippen LogP contribution in [0.15, 0.2) is 36.0 Å². The molecule has 0 aromatic heterocycles. The van der Waals surface area contributed by atoms with Gasteiger partial charge in [-0.05, 0) is 48.8 Å². The van der Waals surface area contributed by atoms with E-state index in [9.17, 15) is 24.9 Å². The second kappa shape index (κ2) is 5.47. The van der Waals surface area contributed by atoms with Crippen LogP contribution in [-0.4, -0.2) is 45.2 Å². The maximum absolute atomic E-state index is 12.3. The van der Waals surface area contributed by atoms with Crippen molar-refractivity contribution in [3.8, 4) is 0 Å². The van der Waals surface area contributed by atoms with Crippen molar-refractivity contribution < 1.29 is 24.9 Å². The smallest absolute Gasteiger partial charge is 0.190 e. The van der Waals surface area contributed by atoms with E-state index in [1.807, 2.05) is 25.2 Å². The first-order chi connectivity index (χ1) is 12.2. The Kier molecular flexibility index (Phi) is 3.75. The lowest BCUT2D eigenvalue weighted by atomic mass is 9.48. The fourth-order valence-electron chi connectivity index (χ4n) is 6.38. The molecule has 26 heavy (non-hydrogen) atoms. The highest BCUT2D eigenvalue weighted by Gasteiger charge is 2.67. The Hall–Kier alpha value is -1.56. The van der Waals surface area contributed by atoms with Gasteiger partial charge in [-0.15, -0.1) is 0 Å². The second-order valence-electron chi connectivity index (χ2n) is 8.86. The van der Waals surface area contributed by atoms with E-state index in [1.165, 1.54) is 0 Å². The predicted molar refractivity (Wildman–Crippen MR) is 95.0 cm³/mol. The third-order valence-corrected chi connectivity index (χ3v) is 7.82. The molecule has 0 aromatic rings. The van der Waals surface area contributed by atoms with Crippen molar-refractivity contribution in [2.75, 3.05) is 6.61 Å². The molecule has 0 aromatic carbocycles. The average Bonchev–Trinajstić information content (AvgIpc) is 2.86. The average molecular weight is 358 g/mol. The normalized spacial score (nSPS) is 49.3. The van der Waals surface area contributed by atoms with Gasteiger partial charge in [-0.1, -0.05) is 32.1 Å². The minimum Gasteiger partial charge on any atom is -0.393 e. The van der Waals surface area contributed by atoms with Gasteiger partial charge in [0.25, 0.3) is 0 Å². The van der Waals surface area contributed by atoms with E-state index in [0.717, 1.165) is 5.57 Å². The monoisotopic (exact) mass is 358 g/mol. The Bertz CT molecular complexity index is 764. The highest BCUT2D eigenvalue weighted by atomic mass is 16.3. The van der Waals surface area contributed by atoms with Crippen molar-refractivity contribution in [2.45, 2.75) is 44.8 Å². The van der Waals surface area contributed by atoms with Gasteiger partial charge in [0.1, 0.15) is 12.2 Å². The number of hydrogen-bond acceptors (Lipinski definition) is 5.